The van der Waals surface area contributed by atoms with Crippen LogP contribution in [-0.2, 0) is 4.79 Å². The third kappa shape index (κ3) is 4.56. The second-order valence-corrected chi connectivity index (χ2v) is 10.3. The predicted octanol–water partition coefficient (Wildman–Crippen LogP) is 3.17. The largest absolute Gasteiger partial charge is 0.351 e. The Balaban J connectivity index is 1.25. The summed E-state index contributed by atoms with van der Waals surface area (Å²) in [7, 11) is 0. The molecule has 1 aliphatic heterocycles. The molecule has 0 unspecified atom stereocenters. The molecule has 1 saturated heterocycles. The van der Waals surface area contributed by atoms with Crippen LogP contribution in [0.25, 0.3) is 21.9 Å². The minimum atomic E-state index is -0.714. The summed E-state index contributed by atoms with van der Waals surface area (Å²) in [5.74, 6) is -0.354. The number of hydrogen-bond acceptors (Lipinski definition) is 4. The Labute approximate surface area is 208 Å². The van der Waals surface area contributed by atoms with E-state index < -0.39 is 11.5 Å². The highest BCUT2D eigenvalue weighted by Crippen LogP contribution is 2.23. The molecule has 9 heteroatoms. The number of imidazole rings is 1. The molecule has 0 bridgehead atoms. The van der Waals surface area contributed by atoms with E-state index >= 15 is 0 Å². The van der Waals surface area contributed by atoms with Gasteiger partial charge in [-0.3, -0.25) is 14.4 Å². The van der Waals surface area contributed by atoms with Gasteiger partial charge in [-0.15, -0.1) is 0 Å². The lowest BCUT2D eigenvalue weighted by Crippen LogP contribution is -2.59. The van der Waals surface area contributed by atoms with Gasteiger partial charge in [-0.05, 0) is 29.7 Å². The Kier molecular flexibility index (Phi) is 5.99. The topological polar surface area (TPSA) is 114 Å². The van der Waals surface area contributed by atoms with Gasteiger partial charge in [0.1, 0.15) is 11.7 Å². The van der Waals surface area contributed by atoms with Crippen LogP contribution in [0.15, 0.2) is 54.6 Å². The van der Waals surface area contributed by atoms with Crippen molar-refractivity contribution in [1.29, 1.82) is 0 Å². The highest BCUT2D eigenvalue weighted by atomic mass is 16.2. The number of amides is 3. The average molecular weight is 487 g/mol. The first-order chi connectivity index (χ1) is 17.2. The Morgan fingerprint density at radius 2 is 1.53 bits per heavy atom. The molecule has 0 saturated carbocycles. The van der Waals surface area contributed by atoms with Crippen LogP contribution in [0.3, 0.4) is 0 Å². The van der Waals surface area contributed by atoms with Crippen molar-refractivity contribution < 1.29 is 14.4 Å². The van der Waals surface area contributed by atoms with Gasteiger partial charge in [-0.2, -0.15) is 0 Å². The molecule has 1 fully saturated rings. The summed E-state index contributed by atoms with van der Waals surface area (Å²) in [6.07, 6.45) is 0. The van der Waals surface area contributed by atoms with Crippen molar-refractivity contribution in [3.8, 4) is 0 Å². The van der Waals surface area contributed by atoms with Crippen LogP contribution < -0.4 is 5.32 Å². The molecule has 3 amide bonds. The summed E-state index contributed by atoms with van der Waals surface area (Å²) < 4.78 is 0. The molecule has 36 heavy (non-hydrogen) atoms. The van der Waals surface area contributed by atoms with Crippen LogP contribution >= 0.6 is 0 Å². The van der Waals surface area contributed by atoms with E-state index in [4.69, 9.17) is 0 Å². The molecule has 1 atom stereocenters. The van der Waals surface area contributed by atoms with Gasteiger partial charge in [0.25, 0.3) is 11.8 Å². The van der Waals surface area contributed by atoms with Crippen LogP contribution in [0.4, 0.5) is 0 Å². The van der Waals surface area contributed by atoms with Gasteiger partial charge in [0, 0.05) is 37.1 Å². The molecule has 9 nitrogen and oxygen atoms in total. The third-order valence-electron chi connectivity index (χ3n) is 6.63. The normalized spacial score (nSPS) is 15.3. The summed E-state index contributed by atoms with van der Waals surface area (Å²) in [5.41, 5.74) is 2.34. The van der Waals surface area contributed by atoms with Gasteiger partial charge >= 0.3 is 0 Å². The Morgan fingerprint density at radius 1 is 0.889 bits per heavy atom. The van der Waals surface area contributed by atoms with Crippen LogP contribution in [0.2, 0.25) is 0 Å². The van der Waals surface area contributed by atoms with Crippen molar-refractivity contribution in [3.63, 3.8) is 0 Å². The number of hydrogen-bond donors (Lipinski definition) is 3. The van der Waals surface area contributed by atoms with Gasteiger partial charge in [0.15, 0.2) is 5.82 Å². The van der Waals surface area contributed by atoms with Crippen LogP contribution in [-0.4, -0.2) is 74.7 Å². The van der Waals surface area contributed by atoms with Crippen molar-refractivity contribution >= 4 is 39.7 Å². The van der Waals surface area contributed by atoms with Crippen molar-refractivity contribution in [2.24, 2.45) is 5.41 Å². The van der Waals surface area contributed by atoms with Crippen molar-refractivity contribution in [2.75, 3.05) is 26.2 Å². The highest BCUT2D eigenvalue weighted by Gasteiger charge is 2.37. The molecule has 0 aliphatic carbocycles. The van der Waals surface area contributed by atoms with Crippen molar-refractivity contribution in [1.82, 2.24) is 30.1 Å². The Hall–Kier alpha value is -4.14. The number of rotatable bonds is 4. The van der Waals surface area contributed by atoms with Crippen molar-refractivity contribution in [2.45, 2.75) is 26.8 Å². The number of carbonyl (C=O) groups excluding carboxylic acids is 3. The van der Waals surface area contributed by atoms with E-state index in [9.17, 15) is 14.4 Å². The SMILES string of the molecule is CC(C)(C)[C@H](NC(=O)c1cc2ccccc2[nH]1)C(=O)N1CCN(C(=O)c2nc3ccccc3[nH]2)CC1. The molecular weight excluding hydrogens is 456 g/mol. The van der Waals surface area contributed by atoms with Gasteiger partial charge < -0.3 is 25.1 Å². The quantitative estimate of drug-likeness (QED) is 0.411. The molecule has 5 rings (SSSR count). The van der Waals surface area contributed by atoms with E-state index in [2.05, 4.69) is 20.3 Å². The summed E-state index contributed by atoms with van der Waals surface area (Å²) >= 11 is 0. The smallest absolute Gasteiger partial charge is 0.289 e. The standard InChI is InChI=1S/C27H30N6O3/c1-27(2,3)22(31-24(34)21-16-17-8-4-5-9-18(17)28-21)25(35)32-12-14-33(15-13-32)26(36)23-29-19-10-6-7-11-20(19)30-23/h4-11,16,22,28H,12-15H2,1-3H3,(H,29,30)(H,31,34)/t22-/m1/s1. The first-order valence-corrected chi connectivity index (χ1v) is 12.1. The maximum absolute atomic E-state index is 13.5. The monoisotopic (exact) mass is 486 g/mol. The Bertz CT molecular complexity index is 1370. The van der Waals surface area contributed by atoms with E-state index in [1.54, 1.807) is 15.9 Å². The number of carbonyl (C=O) groups is 3. The molecule has 186 valence electrons. The van der Waals surface area contributed by atoms with Crippen LogP contribution in [0.5, 0.6) is 0 Å². The fourth-order valence-corrected chi connectivity index (χ4v) is 4.57. The highest BCUT2D eigenvalue weighted by molar-refractivity contribution is 6.00. The maximum atomic E-state index is 13.5. The number of nitrogens with one attached hydrogen (secondary N) is 3. The van der Waals surface area contributed by atoms with E-state index in [1.165, 1.54) is 0 Å². The van der Waals surface area contributed by atoms with Gasteiger partial charge in [0.05, 0.1) is 11.0 Å². The number of para-hydroxylation sites is 3. The molecule has 2 aromatic heterocycles. The summed E-state index contributed by atoms with van der Waals surface area (Å²) in [4.78, 5) is 53.6. The third-order valence-corrected chi connectivity index (χ3v) is 6.63. The molecular formula is C27H30N6O3. The number of H-pyrrole nitrogens is 2. The average Bonchev–Trinajstić information content (AvgIpc) is 3.50. The molecule has 2 aromatic carbocycles. The predicted molar refractivity (Wildman–Crippen MR) is 138 cm³/mol. The van der Waals surface area contributed by atoms with E-state index in [-0.39, 0.29) is 17.7 Å². The zero-order chi connectivity index (χ0) is 25.4. The molecule has 1 aliphatic rings. The van der Waals surface area contributed by atoms with Crippen LogP contribution in [0.1, 0.15) is 41.9 Å². The first kappa shape index (κ1) is 23.6. The van der Waals surface area contributed by atoms with E-state index in [1.807, 2.05) is 69.3 Å². The molecule has 3 N–H and O–H groups in total. The van der Waals surface area contributed by atoms with Crippen LogP contribution in [0, 0.1) is 5.41 Å². The molecule has 0 spiro atoms. The summed E-state index contributed by atoms with van der Waals surface area (Å²) in [6, 6.07) is 16.2. The second-order valence-electron chi connectivity index (χ2n) is 10.3. The van der Waals surface area contributed by atoms with E-state index in [0.29, 0.717) is 37.7 Å². The van der Waals surface area contributed by atoms with Gasteiger partial charge in [-0.25, -0.2) is 4.98 Å². The van der Waals surface area contributed by atoms with E-state index in [0.717, 1.165) is 21.9 Å². The number of piperazine rings is 1. The van der Waals surface area contributed by atoms with Gasteiger partial charge in [-0.1, -0.05) is 51.1 Å². The fraction of sp³-hybridized carbons (Fsp3) is 0.333. The zero-order valence-corrected chi connectivity index (χ0v) is 20.7. The molecule has 4 aromatic rings. The molecule has 0 radical (unpaired) electrons. The fourth-order valence-electron chi connectivity index (χ4n) is 4.57. The minimum absolute atomic E-state index is 0.150. The van der Waals surface area contributed by atoms with Gasteiger partial charge in [0.2, 0.25) is 5.91 Å². The first-order valence-electron chi connectivity index (χ1n) is 12.1. The van der Waals surface area contributed by atoms with Crippen molar-refractivity contribution in [3.05, 3.63) is 66.1 Å². The minimum Gasteiger partial charge on any atom is -0.351 e. The summed E-state index contributed by atoms with van der Waals surface area (Å²) in [5, 5.41) is 3.89. The summed E-state index contributed by atoms with van der Waals surface area (Å²) in [6.45, 7) is 7.37. The maximum Gasteiger partial charge on any atom is 0.289 e. The molecule has 3 heterocycles. The Morgan fingerprint density at radius 3 is 2.19 bits per heavy atom. The zero-order valence-electron chi connectivity index (χ0n) is 20.7. The second kappa shape index (κ2) is 9.14. The lowest BCUT2D eigenvalue weighted by atomic mass is 9.85. The lowest BCUT2D eigenvalue weighted by molar-refractivity contribution is -0.137. The number of aromatic amines is 2. The number of nitrogens with zero attached hydrogens (tertiary/aromatic N) is 3. The number of fused-ring (bicyclic) bond motifs is 2. The number of aromatic nitrogens is 3. The number of benzene rings is 2. The lowest BCUT2D eigenvalue weighted by Gasteiger charge is -2.39.